The van der Waals surface area contributed by atoms with Gasteiger partial charge < -0.3 is 15.2 Å². The van der Waals surface area contributed by atoms with Crippen molar-refractivity contribution in [2.75, 3.05) is 6.61 Å². The Bertz CT molecular complexity index is 659. The van der Waals surface area contributed by atoms with Crippen LogP contribution in [0, 0.1) is 0 Å². The number of hydrogen-bond acceptors (Lipinski definition) is 4. The second-order valence-electron chi connectivity index (χ2n) is 8.70. The van der Waals surface area contributed by atoms with Gasteiger partial charge in [-0.2, -0.15) is 0 Å². The maximum atomic E-state index is 12.5. The summed E-state index contributed by atoms with van der Waals surface area (Å²) < 4.78 is 5.64. The highest BCUT2D eigenvalue weighted by atomic mass is 16.5. The van der Waals surface area contributed by atoms with Gasteiger partial charge in [-0.25, -0.2) is 4.79 Å². The fourth-order valence-electron chi connectivity index (χ4n) is 3.72. The van der Waals surface area contributed by atoms with Gasteiger partial charge in [0, 0.05) is 6.42 Å². The molecule has 0 aliphatic heterocycles. The molecule has 2 atom stereocenters. The number of aliphatic hydroxyl groups is 1. The average Bonchev–Trinajstić information content (AvgIpc) is 2.84. The molecule has 1 rings (SSSR count). The molecular weight excluding hydrogens is 414 g/mol. The Balaban J connectivity index is 2.41. The minimum Gasteiger partial charge on any atom is -0.452 e. The number of rotatable bonds is 19. The Labute approximate surface area is 201 Å². The summed E-state index contributed by atoms with van der Waals surface area (Å²) in [6.45, 7) is 3.69. The van der Waals surface area contributed by atoms with Gasteiger partial charge in [-0.05, 0) is 31.1 Å². The third-order valence-corrected chi connectivity index (χ3v) is 5.81. The van der Waals surface area contributed by atoms with E-state index >= 15 is 0 Å². The smallest absolute Gasteiger partial charge is 0.338 e. The monoisotopic (exact) mass is 459 g/mol. The van der Waals surface area contributed by atoms with Crippen molar-refractivity contribution in [3.8, 4) is 0 Å². The Morgan fingerprint density at radius 3 is 2.03 bits per heavy atom. The van der Waals surface area contributed by atoms with E-state index in [1.165, 1.54) is 64.2 Å². The van der Waals surface area contributed by atoms with Crippen LogP contribution in [0.1, 0.15) is 108 Å². The van der Waals surface area contributed by atoms with Gasteiger partial charge in [0.2, 0.25) is 5.91 Å². The lowest BCUT2D eigenvalue weighted by Gasteiger charge is -2.24. The van der Waals surface area contributed by atoms with E-state index in [2.05, 4.69) is 12.2 Å². The van der Waals surface area contributed by atoms with E-state index in [0.29, 0.717) is 12.0 Å². The zero-order valence-corrected chi connectivity index (χ0v) is 20.8. The van der Waals surface area contributed by atoms with Crippen molar-refractivity contribution in [1.82, 2.24) is 5.32 Å². The van der Waals surface area contributed by atoms with Crippen LogP contribution in [-0.4, -0.2) is 35.7 Å². The van der Waals surface area contributed by atoms with Gasteiger partial charge in [0.25, 0.3) is 0 Å². The van der Waals surface area contributed by atoms with Crippen LogP contribution >= 0.6 is 0 Å². The highest BCUT2D eigenvalue weighted by Gasteiger charge is 2.24. The van der Waals surface area contributed by atoms with Crippen molar-refractivity contribution in [3.63, 3.8) is 0 Å². The third-order valence-electron chi connectivity index (χ3n) is 5.81. The van der Waals surface area contributed by atoms with Gasteiger partial charge in [-0.3, -0.25) is 4.79 Å². The van der Waals surface area contributed by atoms with Crippen molar-refractivity contribution in [1.29, 1.82) is 0 Å². The standard InChI is InChI=1S/C28H45NO4/c1-3-5-6-7-8-9-10-11-12-13-14-15-19-22-26(25(23-30)29-27(31)4-2)33-28(32)24-20-17-16-18-21-24/h16-22,25-26,30H,3-15,23H2,1-2H3,(H,29,31)/b22-19+/t25-,26+/m0/s1. The Morgan fingerprint density at radius 1 is 0.909 bits per heavy atom. The van der Waals surface area contributed by atoms with Crippen LogP contribution in [-0.2, 0) is 9.53 Å². The summed E-state index contributed by atoms with van der Waals surface area (Å²) in [5.74, 6) is -0.655. The zero-order valence-electron chi connectivity index (χ0n) is 20.8. The largest absolute Gasteiger partial charge is 0.452 e. The molecule has 0 aliphatic rings. The van der Waals surface area contributed by atoms with Crippen molar-refractivity contribution in [2.45, 2.75) is 109 Å². The molecule has 5 nitrogen and oxygen atoms in total. The minimum absolute atomic E-state index is 0.187. The lowest BCUT2D eigenvalue weighted by molar-refractivity contribution is -0.122. The number of nitrogens with one attached hydrogen (secondary N) is 1. The van der Waals surface area contributed by atoms with E-state index in [1.54, 1.807) is 37.3 Å². The molecular formula is C28H45NO4. The molecule has 0 unspecified atom stereocenters. The van der Waals surface area contributed by atoms with Crippen LogP contribution in [0.15, 0.2) is 42.5 Å². The number of amides is 1. The zero-order chi connectivity index (χ0) is 24.2. The number of hydrogen-bond donors (Lipinski definition) is 2. The van der Waals surface area contributed by atoms with E-state index in [0.717, 1.165) is 12.8 Å². The molecule has 0 saturated heterocycles. The summed E-state index contributed by atoms with van der Waals surface area (Å²) in [6.07, 6.45) is 18.6. The predicted molar refractivity (Wildman–Crippen MR) is 135 cm³/mol. The third kappa shape index (κ3) is 13.9. The van der Waals surface area contributed by atoms with E-state index in [9.17, 15) is 14.7 Å². The fraction of sp³-hybridized carbons (Fsp3) is 0.643. The van der Waals surface area contributed by atoms with Crippen molar-refractivity contribution in [2.24, 2.45) is 0 Å². The molecule has 0 fully saturated rings. The van der Waals surface area contributed by atoms with Crippen molar-refractivity contribution in [3.05, 3.63) is 48.0 Å². The number of allylic oxidation sites excluding steroid dienone is 1. The van der Waals surface area contributed by atoms with Gasteiger partial charge in [-0.15, -0.1) is 0 Å². The van der Waals surface area contributed by atoms with Crippen LogP contribution in [0.3, 0.4) is 0 Å². The SMILES string of the molecule is CCCCCCCCCCCCC/C=C/[C@@H](OC(=O)c1ccccc1)[C@H](CO)NC(=O)CC. The number of unbranched alkanes of at least 4 members (excludes halogenated alkanes) is 11. The number of ether oxygens (including phenoxy) is 1. The van der Waals surface area contributed by atoms with Crippen molar-refractivity contribution >= 4 is 11.9 Å². The number of carbonyl (C=O) groups is 2. The molecule has 0 aromatic heterocycles. The molecule has 5 heteroatoms. The summed E-state index contributed by atoms with van der Waals surface area (Å²) in [6, 6.07) is 8.09. The molecule has 0 radical (unpaired) electrons. The highest BCUT2D eigenvalue weighted by molar-refractivity contribution is 5.89. The van der Waals surface area contributed by atoms with Gasteiger partial charge in [0.1, 0.15) is 6.10 Å². The molecule has 1 amide bonds. The molecule has 0 spiro atoms. The normalized spacial score (nSPS) is 13.1. The molecule has 1 aromatic carbocycles. The lowest BCUT2D eigenvalue weighted by atomic mass is 10.0. The molecule has 0 bridgehead atoms. The van der Waals surface area contributed by atoms with Crippen LogP contribution in [0.25, 0.3) is 0 Å². The first-order valence-corrected chi connectivity index (χ1v) is 12.9. The highest BCUT2D eigenvalue weighted by Crippen LogP contribution is 2.13. The van der Waals surface area contributed by atoms with Gasteiger partial charge >= 0.3 is 5.97 Å². The fourth-order valence-corrected chi connectivity index (χ4v) is 3.72. The summed E-state index contributed by atoms with van der Waals surface area (Å²) in [5, 5.41) is 12.5. The second-order valence-corrected chi connectivity index (χ2v) is 8.70. The number of carbonyl (C=O) groups excluding carboxylic acids is 2. The van der Waals surface area contributed by atoms with E-state index in [1.807, 2.05) is 12.1 Å². The Kier molecular flexibility index (Phi) is 16.9. The van der Waals surface area contributed by atoms with E-state index in [4.69, 9.17) is 4.74 Å². The van der Waals surface area contributed by atoms with Crippen LogP contribution < -0.4 is 5.32 Å². The maximum absolute atomic E-state index is 12.5. The molecule has 33 heavy (non-hydrogen) atoms. The summed E-state index contributed by atoms with van der Waals surface area (Å²) >= 11 is 0. The molecule has 1 aromatic rings. The first-order valence-electron chi connectivity index (χ1n) is 12.9. The second kappa shape index (κ2) is 19.3. The van der Waals surface area contributed by atoms with Crippen LogP contribution in [0.4, 0.5) is 0 Å². The van der Waals surface area contributed by atoms with E-state index < -0.39 is 18.1 Å². The Hall–Kier alpha value is -2.14. The number of esters is 1. The molecule has 0 heterocycles. The van der Waals surface area contributed by atoms with Crippen LogP contribution in [0.5, 0.6) is 0 Å². The Morgan fingerprint density at radius 2 is 1.48 bits per heavy atom. The quantitative estimate of drug-likeness (QED) is 0.143. The topological polar surface area (TPSA) is 75.6 Å². The first kappa shape index (κ1) is 28.9. The van der Waals surface area contributed by atoms with Gasteiger partial charge in [0.15, 0.2) is 0 Å². The first-order chi connectivity index (χ1) is 16.1. The van der Waals surface area contributed by atoms with Gasteiger partial charge in [0.05, 0.1) is 18.2 Å². The predicted octanol–water partition coefficient (Wildman–Crippen LogP) is 6.36. The minimum atomic E-state index is -0.717. The maximum Gasteiger partial charge on any atom is 0.338 e. The lowest BCUT2D eigenvalue weighted by Crippen LogP contribution is -2.46. The van der Waals surface area contributed by atoms with E-state index in [-0.39, 0.29) is 12.5 Å². The molecule has 2 N–H and O–H groups in total. The molecule has 186 valence electrons. The molecule has 0 aliphatic carbocycles. The summed E-state index contributed by atoms with van der Waals surface area (Å²) in [7, 11) is 0. The number of aliphatic hydroxyl groups excluding tert-OH is 1. The van der Waals surface area contributed by atoms with Gasteiger partial charge in [-0.1, -0.05) is 102 Å². The van der Waals surface area contributed by atoms with Crippen LogP contribution in [0.2, 0.25) is 0 Å². The number of benzene rings is 1. The van der Waals surface area contributed by atoms with Crippen molar-refractivity contribution < 1.29 is 19.4 Å². The summed E-state index contributed by atoms with van der Waals surface area (Å²) in [4.78, 5) is 24.4. The average molecular weight is 460 g/mol. The summed E-state index contributed by atoms with van der Waals surface area (Å²) in [5.41, 5.74) is 0.444. The molecule has 0 saturated carbocycles.